The molecular formula is C16H22FN3O4. The SMILES string of the molecule is Cc1c(F)cc(C(=O)NCC(C)N2CCOCC2C)cc1[N+](=O)[O-]. The summed E-state index contributed by atoms with van der Waals surface area (Å²) in [6.45, 7) is 7.80. The van der Waals surface area contributed by atoms with Gasteiger partial charge in [0.2, 0.25) is 0 Å². The summed E-state index contributed by atoms with van der Waals surface area (Å²) >= 11 is 0. The highest BCUT2D eigenvalue weighted by Crippen LogP contribution is 2.22. The van der Waals surface area contributed by atoms with Gasteiger partial charge in [0.15, 0.2) is 0 Å². The van der Waals surface area contributed by atoms with Gasteiger partial charge >= 0.3 is 0 Å². The Hall–Kier alpha value is -2.06. The lowest BCUT2D eigenvalue weighted by atomic mass is 10.1. The second kappa shape index (κ2) is 7.67. The Balaban J connectivity index is 2.03. The van der Waals surface area contributed by atoms with Gasteiger partial charge in [0.05, 0.1) is 23.7 Å². The zero-order valence-corrected chi connectivity index (χ0v) is 14.0. The van der Waals surface area contributed by atoms with Crippen molar-refractivity contribution in [1.82, 2.24) is 10.2 Å². The Morgan fingerprint density at radius 3 is 2.92 bits per heavy atom. The molecule has 1 N–H and O–H groups in total. The average Bonchev–Trinajstić information content (AvgIpc) is 2.54. The van der Waals surface area contributed by atoms with Crippen LogP contribution in [-0.2, 0) is 4.74 Å². The molecule has 1 aromatic carbocycles. The molecule has 0 saturated carbocycles. The average molecular weight is 339 g/mol. The van der Waals surface area contributed by atoms with Gasteiger partial charge in [-0.2, -0.15) is 0 Å². The monoisotopic (exact) mass is 339 g/mol. The number of hydrogen-bond acceptors (Lipinski definition) is 5. The van der Waals surface area contributed by atoms with Gasteiger partial charge in [-0.3, -0.25) is 19.8 Å². The molecule has 0 bridgehead atoms. The summed E-state index contributed by atoms with van der Waals surface area (Å²) in [5, 5.41) is 13.7. The molecular weight excluding hydrogens is 317 g/mol. The Labute approximate surface area is 139 Å². The van der Waals surface area contributed by atoms with E-state index >= 15 is 0 Å². The van der Waals surface area contributed by atoms with E-state index in [1.165, 1.54) is 6.92 Å². The van der Waals surface area contributed by atoms with E-state index in [0.717, 1.165) is 18.7 Å². The number of carbonyl (C=O) groups is 1. The van der Waals surface area contributed by atoms with Crippen molar-refractivity contribution in [2.45, 2.75) is 32.9 Å². The predicted molar refractivity (Wildman–Crippen MR) is 86.6 cm³/mol. The molecule has 1 amide bonds. The minimum atomic E-state index is -0.760. The molecule has 0 aromatic heterocycles. The van der Waals surface area contributed by atoms with Gasteiger partial charge in [-0.1, -0.05) is 0 Å². The van der Waals surface area contributed by atoms with Crippen molar-refractivity contribution < 1.29 is 18.8 Å². The van der Waals surface area contributed by atoms with Crippen LogP contribution in [0.4, 0.5) is 10.1 Å². The number of nitro benzene ring substituents is 1. The lowest BCUT2D eigenvalue weighted by molar-refractivity contribution is -0.385. The van der Waals surface area contributed by atoms with E-state index in [1.807, 2.05) is 6.92 Å². The van der Waals surface area contributed by atoms with Gasteiger partial charge in [-0.05, 0) is 26.8 Å². The first-order chi connectivity index (χ1) is 11.3. The summed E-state index contributed by atoms with van der Waals surface area (Å²) in [5.41, 5.74) is -0.519. The number of rotatable bonds is 5. The van der Waals surface area contributed by atoms with Crippen LogP contribution >= 0.6 is 0 Å². The Kier molecular flexibility index (Phi) is 5.84. The number of ether oxygens (including phenoxy) is 1. The highest BCUT2D eigenvalue weighted by atomic mass is 19.1. The topological polar surface area (TPSA) is 84.7 Å². The molecule has 2 unspecified atom stereocenters. The molecule has 1 aliphatic rings. The maximum atomic E-state index is 13.8. The molecule has 8 heteroatoms. The largest absolute Gasteiger partial charge is 0.379 e. The zero-order chi connectivity index (χ0) is 17.9. The number of amides is 1. The van der Waals surface area contributed by atoms with Crippen LogP contribution < -0.4 is 5.32 Å². The lowest BCUT2D eigenvalue weighted by Gasteiger charge is -2.37. The maximum absolute atomic E-state index is 13.8. The van der Waals surface area contributed by atoms with Gasteiger partial charge in [0.1, 0.15) is 5.82 Å². The van der Waals surface area contributed by atoms with Gasteiger partial charge in [0, 0.05) is 36.8 Å². The number of nitrogens with one attached hydrogen (secondary N) is 1. The minimum Gasteiger partial charge on any atom is -0.379 e. The fourth-order valence-electron chi connectivity index (χ4n) is 2.84. The third-order valence-electron chi connectivity index (χ3n) is 4.32. The van der Waals surface area contributed by atoms with Crippen LogP contribution in [0, 0.1) is 22.9 Å². The molecule has 1 fully saturated rings. The summed E-state index contributed by atoms with van der Waals surface area (Å²) < 4.78 is 19.2. The standard InChI is InChI=1S/C16H22FN3O4/c1-10(19-4-5-24-9-11(19)2)8-18-16(21)13-6-14(17)12(3)15(7-13)20(22)23/h6-7,10-11H,4-5,8-9H2,1-3H3,(H,18,21). The number of nitrogens with zero attached hydrogens (tertiary/aromatic N) is 2. The molecule has 0 radical (unpaired) electrons. The van der Waals surface area contributed by atoms with E-state index in [9.17, 15) is 19.3 Å². The van der Waals surface area contributed by atoms with Gasteiger partial charge in [-0.15, -0.1) is 0 Å². The summed E-state index contributed by atoms with van der Waals surface area (Å²) in [4.78, 5) is 24.7. The number of nitro groups is 1. The van der Waals surface area contributed by atoms with Crippen molar-refractivity contribution >= 4 is 11.6 Å². The van der Waals surface area contributed by atoms with Crippen LogP contribution in [0.5, 0.6) is 0 Å². The predicted octanol–water partition coefficient (Wildman–Crippen LogP) is 1.88. The number of hydrogen-bond donors (Lipinski definition) is 1. The quantitative estimate of drug-likeness (QED) is 0.654. The number of halogens is 1. The molecule has 2 atom stereocenters. The van der Waals surface area contributed by atoms with Crippen molar-refractivity contribution in [3.63, 3.8) is 0 Å². The summed E-state index contributed by atoms with van der Waals surface area (Å²) in [6.07, 6.45) is 0. The number of morpholine rings is 1. The Morgan fingerprint density at radius 2 is 2.29 bits per heavy atom. The molecule has 24 heavy (non-hydrogen) atoms. The molecule has 132 valence electrons. The highest BCUT2D eigenvalue weighted by molar-refractivity contribution is 5.95. The second-order valence-electron chi connectivity index (χ2n) is 6.08. The van der Waals surface area contributed by atoms with E-state index in [4.69, 9.17) is 4.74 Å². The lowest BCUT2D eigenvalue weighted by Crippen LogP contribution is -2.51. The highest BCUT2D eigenvalue weighted by Gasteiger charge is 2.24. The molecule has 1 saturated heterocycles. The van der Waals surface area contributed by atoms with Crippen LogP contribution in [0.1, 0.15) is 29.8 Å². The molecule has 2 rings (SSSR count). The molecule has 1 heterocycles. The summed E-state index contributed by atoms with van der Waals surface area (Å²) in [7, 11) is 0. The van der Waals surface area contributed by atoms with Gasteiger partial charge in [-0.25, -0.2) is 4.39 Å². The molecule has 7 nitrogen and oxygen atoms in total. The van der Waals surface area contributed by atoms with E-state index in [2.05, 4.69) is 17.1 Å². The van der Waals surface area contributed by atoms with Crippen molar-refractivity contribution in [2.24, 2.45) is 0 Å². The number of carbonyl (C=O) groups excluding carboxylic acids is 1. The third-order valence-corrected chi connectivity index (χ3v) is 4.32. The van der Waals surface area contributed by atoms with E-state index in [-0.39, 0.29) is 23.2 Å². The smallest absolute Gasteiger partial charge is 0.276 e. The summed E-state index contributed by atoms with van der Waals surface area (Å²) in [5.74, 6) is -1.28. The summed E-state index contributed by atoms with van der Waals surface area (Å²) in [6, 6.07) is 2.47. The van der Waals surface area contributed by atoms with Gasteiger partial charge in [0.25, 0.3) is 11.6 Å². The first kappa shape index (κ1) is 18.3. The van der Waals surface area contributed by atoms with E-state index in [0.29, 0.717) is 19.8 Å². The Morgan fingerprint density at radius 1 is 1.58 bits per heavy atom. The Bertz CT molecular complexity index is 638. The molecule has 0 aliphatic carbocycles. The first-order valence-electron chi connectivity index (χ1n) is 7.87. The van der Waals surface area contributed by atoms with Crippen LogP contribution in [0.2, 0.25) is 0 Å². The molecule has 1 aromatic rings. The van der Waals surface area contributed by atoms with Crippen LogP contribution in [0.3, 0.4) is 0 Å². The molecule has 1 aliphatic heterocycles. The van der Waals surface area contributed by atoms with E-state index in [1.54, 1.807) is 0 Å². The first-order valence-corrected chi connectivity index (χ1v) is 7.87. The fraction of sp³-hybridized carbons (Fsp3) is 0.562. The normalized spacial score (nSPS) is 19.8. The third kappa shape index (κ3) is 4.07. The second-order valence-corrected chi connectivity index (χ2v) is 6.08. The number of benzene rings is 1. The van der Waals surface area contributed by atoms with Crippen LogP contribution in [0.25, 0.3) is 0 Å². The minimum absolute atomic E-state index is 0.0491. The fourth-order valence-corrected chi connectivity index (χ4v) is 2.84. The maximum Gasteiger partial charge on any atom is 0.276 e. The van der Waals surface area contributed by atoms with Crippen LogP contribution in [0.15, 0.2) is 12.1 Å². The van der Waals surface area contributed by atoms with Crippen molar-refractivity contribution in [3.8, 4) is 0 Å². The van der Waals surface area contributed by atoms with Crippen molar-refractivity contribution in [2.75, 3.05) is 26.3 Å². The van der Waals surface area contributed by atoms with Crippen LogP contribution in [-0.4, -0.2) is 54.1 Å². The zero-order valence-electron chi connectivity index (χ0n) is 14.0. The van der Waals surface area contributed by atoms with E-state index < -0.39 is 22.3 Å². The van der Waals surface area contributed by atoms with Crippen molar-refractivity contribution in [3.05, 3.63) is 39.2 Å². The molecule has 0 spiro atoms. The van der Waals surface area contributed by atoms with Gasteiger partial charge < -0.3 is 10.1 Å². The van der Waals surface area contributed by atoms with Crippen molar-refractivity contribution in [1.29, 1.82) is 0 Å².